The molecule has 0 unspecified atom stereocenters. The van der Waals surface area contributed by atoms with Crippen molar-refractivity contribution < 1.29 is 0 Å². The number of rotatable bonds is 5. The standard InChI is InChI=1S/C18H21N7S/c1-11(2)20-18-17-15(5-6-25(17)13-9-19-24(4)10-13)21-16(22-18)8-14-7-12(3)23-26-14/h5-7,9-11H,8H2,1-4H3,(H,20,21,22). The molecular formula is C18H21N7S. The van der Waals surface area contributed by atoms with Crippen molar-refractivity contribution in [1.82, 2.24) is 28.7 Å². The van der Waals surface area contributed by atoms with Gasteiger partial charge in [0.15, 0.2) is 5.82 Å². The molecule has 1 N–H and O–H groups in total. The molecule has 26 heavy (non-hydrogen) atoms. The van der Waals surface area contributed by atoms with Gasteiger partial charge in [0.25, 0.3) is 0 Å². The first-order valence-corrected chi connectivity index (χ1v) is 9.32. The number of fused-ring (bicyclic) bond motifs is 1. The molecule has 8 heteroatoms. The molecule has 0 saturated carbocycles. The molecule has 0 spiro atoms. The summed E-state index contributed by atoms with van der Waals surface area (Å²) < 4.78 is 8.22. The molecule has 0 aliphatic carbocycles. The van der Waals surface area contributed by atoms with E-state index in [1.54, 1.807) is 4.68 Å². The lowest BCUT2D eigenvalue weighted by molar-refractivity contribution is 0.767. The fourth-order valence-corrected chi connectivity index (χ4v) is 3.68. The third-order valence-electron chi connectivity index (χ3n) is 3.98. The summed E-state index contributed by atoms with van der Waals surface area (Å²) in [5.74, 6) is 1.64. The highest BCUT2D eigenvalue weighted by Crippen LogP contribution is 2.26. The highest BCUT2D eigenvalue weighted by Gasteiger charge is 2.15. The maximum atomic E-state index is 4.82. The van der Waals surface area contributed by atoms with Crippen molar-refractivity contribution >= 4 is 28.4 Å². The predicted octanol–water partition coefficient (Wildman–Crippen LogP) is 3.33. The van der Waals surface area contributed by atoms with Gasteiger partial charge in [-0.05, 0) is 44.4 Å². The maximum absolute atomic E-state index is 4.82. The Morgan fingerprint density at radius 1 is 1.27 bits per heavy atom. The van der Waals surface area contributed by atoms with Gasteiger partial charge in [0.1, 0.15) is 11.3 Å². The second-order valence-corrected chi connectivity index (χ2v) is 7.58. The van der Waals surface area contributed by atoms with Crippen molar-refractivity contribution in [2.24, 2.45) is 7.05 Å². The molecule has 0 aliphatic rings. The highest BCUT2D eigenvalue weighted by atomic mass is 32.1. The van der Waals surface area contributed by atoms with Gasteiger partial charge in [-0.15, -0.1) is 0 Å². The van der Waals surface area contributed by atoms with Gasteiger partial charge in [-0.2, -0.15) is 9.47 Å². The topological polar surface area (TPSA) is 73.5 Å². The summed E-state index contributed by atoms with van der Waals surface area (Å²) in [6.07, 6.45) is 6.52. The molecule has 4 aromatic heterocycles. The summed E-state index contributed by atoms with van der Waals surface area (Å²) >= 11 is 1.51. The summed E-state index contributed by atoms with van der Waals surface area (Å²) in [4.78, 5) is 10.8. The monoisotopic (exact) mass is 367 g/mol. The Labute approximate surface area is 155 Å². The summed E-state index contributed by atoms with van der Waals surface area (Å²) in [6, 6.07) is 4.38. The van der Waals surface area contributed by atoms with Crippen LogP contribution in [0, 0.1) is 6.92 Å². The average molecular weight is 367 g/mol. The van der Waals surface area contributed by atoms with Gasteiger partial charge in [0.05, 0.1) is 23.1 Å². The molecule has 0 aliphatic heterocycles. The zero-order chi connectivity index (χ0) is 18.3. The van der Waals surface area contributed by atoms with Crippen molar-refractivity contribution in [2.75, 3.05) is 5.32 Å². The molecule has 134 valence electrons. The Balaban J connectivity index is 1.82. The lowest BCUT2D eigenvalue weighted by atomic mass is 10.3. The van der Waals surface area contributed by atoms with Crippen LogP contribution in [0.5, 0.6) is 0 Å². The average Bonchev–Trinajstić information content (AvgIpc) is 3.27. The summed E-state index contributed by atoms with van der Waals surface area (Å²) in [6.45, 7) is 6.22. The molecule has 0 aromatic carbocycles. The fraction of sp³-hybridized carbons (Fsp3) is 0.333. The van der Waals surface area contributed by atoms with E-state index in [0.717, 1.165) is 34.1 Å². The SMILES string of the molecule is Cc1cc(Cc2nc(NC(C)C)c3c(ccn3-c3cnn(C)c3)n2)sn1. The van der Waals surface area contributed by atoms with Crippen LogP contribution in [0.3, 0.4) is 0 Å². The van der Waals surface area contributed by atoms with Crippen molar-refractivity contribution in [3.63, 3.8) is 0 Å². The first kappa shape index (κ1) is 16.7. The number of hydrogen-bond acceptors (Lipinski definition) is 6. The van der Waals surface area contributed by atoms with E-state index in [1.165, 1.54) is 16.4 Å². The Bertz CT molecular complexity index is 1060. The second-order valence-electron chi connectivity index (χ2n) is 6.69. The van der Waals surface area contributed by atoms with Crippen LogP contribution in [0.4, 0.5) is 5.82 Å². The third-order valence-corrected chi connectivity index (χ3v) is 4.86. The normalized spacial score (nSPS) is 11.6. The van der Waals surface area contributed by atoms with E-state index in [-0.39, 0.29) is 6.04 Å². The molecule has 0 atom stereocenters. The van der Waals surface area contributed by atoms with Crippen LogP contribution in [0.1, 0.15) is 30.2 Å². The van der Waals surface area contributed by atoms with Gasteiger partial charge in [-0.25, -0.2) is 9.97 Å². The van der Waals surface area contributed by atoms with E-state index < -0.39 is 0 Å². The molecule has 0 radical (unpaired) electrons. The van der Waals surface area contributed by atoms with Gasteiger partial charge in [0.2, 0.25) is 0 Å². The van der Waals surface area contributed by atoms with E-state index in [4.69, 9.17) is 9.97 Å². The molecule has 4 aromatic rings. The largest absolute Gasteiger partial charge is 0.366 e. The first-order valence-electron chi connectivity index (χ1n) is 8.55. The van der Waals surface area contributed by atoms with Gasteiger partial charge in [-0.3, -0.25) is 4.68 Å². The third kappa shape index (κ3) is 3.20. The number of nitrogens with one attached hydrogen (secondary N) is 1. The highest BCUT2D eigenvalue weighted by molar-refractivity contribution is 7.05. The summed E-state index contributed by atoms with van der Waals surface area (Å²) in [7, 11) is 1.91. The minimum atomic E-state index is 0.267. The zero-order valence-electron chi connectivity index (χ0n) is 15.3. The second kappa shape index (κ2) is 6.53. The molecule has 0 amide bonds. The van der Waals surface area contributed by atoms with Crippen LogP contribution in [-0.2, 0) is 13.5 Å². The number of nitrogens with zero attached hydrogens (tertiary/aromatic N) is 6. The van der Waals surface area contributed by atoms with E-state index in [9.17, 15) is 0 Å². The van der Waals surface area contributed by atoms with Crippen LogP contribution >= 0.6 is 11.5 Å². The van der Waals surface area contributed by atoms with E-state index in [0.29, 0.717) is 6.42 Å². The molecule has 4 rings (SSSR count). The fourth-order valence-electron chi connectivity index (χ4n) is 2.95. The Kier molecular flexibility index (Phi) is 4.20. The van der Waals surface area contributed by atoms with Crippen LogP contribution in [-0.4, -0.2) is 34.7 Å². The first-order chi connectivity index (χ1) is 12.5. The Hall–Kier alpha value is -2.74. The molecule has 0 fully saturated rings. The van der Waals surface area contributed by atoms with Crippen LogP contribution < -0.4 is 5.32 Å². The molecular weight excluding hydrogens is 346 g/mol. The minimum Gasteiger partial charge on any atom is -0.366 e. The van der Waals surface area contributed by atoms with Crippen molar-refractivity contribution in [3.05, 3.63) is 47.1 Å². The van der Waals surface area contributed by atoms with Crippen LogP contribution in [0.25, 0.3) is 16.7 Å². The number of hydrogen-bond donors (Lipinski definition) is 1. The summed E-state index contributed by atoms with van der Waals surface area (Å²) in [5, 5.41) is 7.75. The van der Waals surface area contributed by atoms with E-state index in [2.05, 4.69) is 39.3 Å². The molecule has 0 bridgehead atoms. The minimum absolute atomic E-state index is 0.267. The van der Waals surface area contributed by atoms with Gasteiger partial charge in [-0.1, -0.05) is 0 Å². The number of anilines is 1. The predicted molar refractivity (Wildman–Crippen MR) is 104 cm³/mol. The van der Waals surface area contributed by atoms with Crippen molar-refractivity contribution in [3.8, 4) is 5.69 Å². The number of aromatic nitrogens is 6. The van der Waals surface area contributed by atoms with Crippen molar-refractivity contribution in [2.45, 2.75) is 33.2 Å². The maximum Gasteiger partial charge on any atom is 0.154 e. The molecule has 0 saturated heterocycles. The van der Waals surface area contributed by atoms with E-state index in [1.807, 2.05) is 38.6 Å². The zero-order valence-corrected chi connectivity index (χ0v) is 16.1. The van der Waals surface area contributed by atoms with Crippen LogP contribution in [0.2, 0.25) is 0 Å². The van der Waals surface area contributed by atoms with E-state index >= 15 is 0 Å². The Morgan fingerprint density at radius 3 is 2.77 bits per heavy atom. The lowest BCUT2D eigenvalue weighted by Gasteiger charge is -2.13. The molecule has 4 heterocycles. The smallest absolute Gasteiger partial charge is 0.154 e. The van der Waals surface area contributed by atoms with Crippen LogP contribution in [0.15, 0.2) is 30.7 Å². The lowest BCUT2D eigenvalue weighted by Crippen LogP contribution is -2.14. The summed E-state index contributed by atoms with van der Waals surface area (Å²) in [5.41, 5.74) is 3.91. The van der Waals surface area contributed by atoms with Crippen molar-refractivity contribution in [1.29, 1.82) is 0 Å². The molecule has 7 nitrogen and oxygen atoms in total. The number of aryl methyl sites for hydroxylation is 2. The van der Waals surface area contributed by atoms with Gasteiger partial charge >= 0.3 is 0 Å². The van der Waals surface area contributed by atoms with Gasteiger partial charge < -0.3 is 9.88 Å². The van der Waals surface area contributed by atoms with Gasteiger partial charge in [0, 0.05) is 36.8 Å². The quantitative estimate of drug-likeness (QED) is 0.586. The Morgan fingerprint density at radius 2 is 2.12 bits per heavy atom.